The Morgan fingerprint density at radius 2 is 1.94 bits per heavy atom. The molecule has 0 aromatic carbocycles. The third-order valence-corrected chi connectivity index (χ3v) is 4.52. The minimum absolute atomic E-state index is 0.164. The fourth-order valence-electron chi connectivity index (χ4n) is 3.03. The zero-order valence-corrected chi connectivity index (χ0v) is 17.7. The van der Waals surface area contributed by atoms with Gasteiger partial charge in [0.25, 0.3) is 5.56 Å². The first-order valence-electron chi connectivity index (χ1n) is 9.85. The molecule has 0 spiro atoms. The Morgan fingerprint density at radius 1 is 1.10 bits per heavy atom. The van der Waals surface area contributed by atoms with Crippen LogP contribution in [0.5, 0.6) is 11.5 Å². The van der Waals surface area contributed by atoms with E-state index < -0.39 is 0 Å². The monoisotopic (exact) mass is 417 g/mol. The van der Waals surface area contributed by atoms with Gasteiger partial charge in [0, 0.05) is 43.3 Å². The molecule has 0 aliphatic rings. The highest BCUT2D eigenvalue weighted by Gasteiger charge is 2.11. The van der Waals surface area contributed by atoms with E-state index in [-0.39, 0.29) is 11.6 Å². The SMILES string of the molecule is Cc1cc(-c2cnc(NC(C)C)[nH]c2=O)ncc1Oc1ccnc(-c2cnn(C)c2)c1. The van der Waals surface area contributed by atoms with E-state index in [1.807, 2.05) is 40.1 Å². The van der Waals surface area contributed by atoms with Crippen LogP contribution in [0.1, 0.15) is 19.4 Å². The van der Waals surface area contributed by atoms with Crippen molar-refractivity contribution in [2.45, 2.75) is 26.8 Å². The van der Waals surface area contributed by atoms with Crippen LogP contribution in [0.3, 0.4) is 0 Å². The maximum Gasteiger partial charge on any atom is 0.261 e. The Balaban J connectivity index is 1.57. The lowest BCUT2D eigenvalue weighted by molar-refractivity contribution is 0.476. The van der Waals surface area contributed by atoms with E-state index >= 15 is 0 Å². The molecule has 0 bridgehead atoms. The van der Waals surface area contributed by atoms with Gasteiger partial charge in [0.2, 0.25) is 5.95 Å². The van der Waals surface area contributed by atoms with Gasteiger partial charge in [-0.25, -0.2) is 4.98 Å². The number of anilines is 1. The highest BCUT2D eigenvalue weighted by Crippen LogP contribution is 2.28. The second kappa shape index (κ2) is 8.39. The van der Waals surface area contributed by atoms with E-state index in [4.69, 9.17) is 4.74 Å². The van der Waals surface area contributed by atoms with Crippen molar-refractivity contribution in [2.24, 2.45) is 7.05 Å². The summed E-state index contributed by atoms with van der Waals surface area (Å²) in [6.07, 6.45) is 8.46. The fraction of sp³-hybridized carbons (Fsp3) is 0.227. The van der Waals surface area contributed by atoms with Crippen LogP contribution in [0.15, 0.2) is 54.0 Å². The third kappa shape index (κ3) is 4.61. The van der Waals surface area contributed by atoms with Gasteiger partial charge in [-0.1, -0.05) is 0 Å². The molecule has 4 aromatic heterocycles. The Morgan fingerprint density at radius 3 is 2.61 bits per heavy atom. The molecule has 9 heteroatoms. The van der Waals surface area contributed by atoms with E-state index in [1.54, 1.807) is 35.4 Å². The lowest BCUT2D eigenvalue weighted by Crippen LogP contribution is -2.18. The number of aryl methyl sites for hydroxylation is 2. The van der Waals surface area contributed by atoms with Crippen molar-refractivity contribution in [1.29, 1.82) is 0 Å². The summed E-state index contributed by atoms with van der Waals surface area (Å²) < 4.78 is 7.74. The van der Waals surface area contributed by atoms with Crippen molar-refractivity contribution in [2.75, 3.05) is 5.32 Å². The van der Waals surface area contributed by atoms with E-state index in [0.717, 1.165) is 16.8 Å². The molecule has 4 aromatic rings. The number of aromatic nitrogens is 6. The van der Waals surface area contributed by atoms with Gasteiger partial charge in [-0.15, -0.1) is 0 Å². The van der Waals surface area contributed by atoms with Crippen LogP contribution in [0, 0.1) is 6.92 Å². The molecule has 0 fully saturated rings. The average Bonchev–Trinajstić information content (AvgIpc) is 3.16. The third-order valence-electron chi connectivity index (χ3n) is 4.52. The lowest BCUT2D eigenvalue weighted by atomic mass is 10.1. The van der Waals surface area contributed by atoms with Crippen LogP contribution in [0.2, 0.25) is 0 Å². The summed E-state index contributed by atoms with van der Waals surface area (Å²) in [5.74, 6) is 1.66. The van der Waals surface area contributed by atoms with Crippen molar-refractivity contribution in [1.82, 2.24) is 29.7 Å². The first kappa shape index (κ1) is 20.3. The number of H-pyrrole nitrogens is 1. The molecule has 0 saturated heterocycles. The number of hydrogen-bond donors (Lipinski definition) is 2. The summed E-state index contributed by atoms with van der Waals surface area (Å²) in [6.45, 7) is 5.85. The smallest absolute Gasteiger partial charge is 0.261 e. The van der Waals surface area contributed by atoms with Gasteiger partial charge < -0.3 is 10.1 Å². The molecular weight excluding hydrogens is 394 g/mol. The van der Waals surface area contributed by atoms with Gasteiger partial charge in [-0.2, -0.15) is 5.10 Å². The zero-order valence-electron chi connectivity index (χ0n) is 17.7. The molecule has 2 N–H and O–H groups in total. The van der Waals surface area contributed by atoms with Crippen LogP contribution in [-0.4, -0.2) is 35.8 Å². The quantitative estimate of drug-likeness (QED) is 0.493. The molecule has 4 heterocycles. The van der Waals surface area contributed by atoms with E-state index in [9.17, 15) is 4.79 Å². The van der Waals surface area contributed by atoms with Gasteiger partial charge in [0.15, 0.2) is 0 Å². The minimum Gasteiger partial charge on any atom is -0.455 e. The minimum atomic E-state index is -0.256. The maximum atomic E-state index is 12.5. The summed E-state index contributed by atoms with van der Waals surface area (Å²) in [5.41, 5.74) is 3.18. The van der Waals surface area contributed by atoms with Crippen LogP contribution in [0.4, 0.5) is 5.95 Å². The van der Waals surface area contributed by atoms with Gasteiger partial charge in [-0.05, 0) is 38.5 Å². The van der Waals surface area contributed by atoms with Crippen molar-refractivity contribution in [3.05, 3.63) is 65.1 Å². The summed E-state index contributed by atoms with van der Waals surface area (Å²) in [6, 6.07) is 5.60. The molecule has 0 aliphatic carbocycles. The first-order valence-corrected chi connectivity index (χ1v) is 9.85. The van der Waals surface area contributed by atoms with Crippen molar-refractivity contribution >= 4 is 5.95 Å². The van der Waals surface area contributed by atoms with Crippen LogP contribution >= 0.6 is 0 Å². The molecule has 0 radical (unpaired) electrons. The van der Waals surface area contributed by atoms with Crippen LogP contribution < -0.4 is 15.6 Å². The van der Waals surface area contributed by atoms with Gasteiger partial charge >= 0.3 is 0 Å². The molecule has 0 saturated carbocycles. The molecule has 0 amide bonds. The predicted octanol–water partition coefficient (Wildman–Crippen LogP) is 3.55. The Bertz CT molecular complexity index is 1280. The zero-order chi connectivity index (χ0) is 22.0. The molecule has 0 aliphatic heterocycles. The second-order valence-corrected chi connectivity index (χ2v) is 7.49. The number of pyridine rings is 2. The number of hydrogen-bond acceptors (Lipinski definition) is 7. The van der Waals surface area contributed by atoms with E-state index in [1.165, 1.54) is 6.20 Å². The van der Waals surface area contributed by atoms with Crippen molar-refractivity contribution in [3.63, 3.8) is 0 Å². The van der Waals surface area contributed by atoms with Crippen LogP contribution in [0.25, 0.3) is 22.5 Å². The largest absolute Gasteiger partial charge is 0.455 e. The normalized spacial score (nSPS) is 11.0. The Kier molecular flexibility index (Phi) is 5.48. The number of rotatable bonds is 6. The van der Waals surface area contributed by atoms with Gasteiger partial charge in [-0.3, -0.25) is 24.4 Å². The van der Waals surface area contributed by atoms with Crippen molar-refractivity contribution in [3.8, 4) is 34.0 Å². The highest BCUT2D eigenvalue weighted by molar-refractivity contribution is 5.61. The summed E-state index contributed by atoms with van der Waals surface area (Å²) in [5, 5.41) is 7.25. The van der Waals surface area contributed by atoms with Crippen LogP contribution in [-0.2, 0) is 7.05 Å². The number of ether oxygens (including phenoxy) is 1. The van der Waals surface area contributed by atoms with E-state index in [0.29, 0.717) is 28.7 Å². The van der Waals surface area contributed by atoms with Gasteiger partial charge in [0.1, 0.15) is 11.5 Å². The number of aromatic amines is 1. The number of nitrogens with one attached hydrogen (secondary N) is 2. The lowest BCUT2D eigenvalue weighted by Gasteiger charge is -2.11. The summed E-state index contributed by atoms with van der Waals surface area (Å²) in [7, 11) is 1.86. The average molecular weight is 417 g/mol. The first-order chi connectivity index (χ1) is 14.9. The Labute approximate surface area is 179 Å². The summed E-state index contributed by atoms with van der Waals surface area (Å²) in [4.78, 5) is 28.3. The van der Waals surface area contributed by atoms with E-state index in [2.05, 4.69) is 30.4 Å². The van der Waals surface area contributed by atoms with Gasteiger partial charge in [0.05, 0.1) is 29.3 Å². The van der Waals surface area contributed by atoms with Crippen molar-refractivity contribution < 1.29 is 4.74 Å². The topological polar surface area (TPSA) is 111 Å². The molecule has 0 unspecified atom stereocenters. The Hall–Kier alpha value is -4.01. The fourth-order valence-corrected chi connectivity index (χ4v) is 3.03. The molecule has 0 atom stereocenters. The standard InChI is InChI=1S/C22H23N7O2/c1-13(2)27-22-25-10-17(21(30)28-22)19-7-14(3)20(11-24-19)31-16-5-6-23-18(8-16)15-9-26-29(4)12-15/h5-13H,1-4H3,(H2,25,27,28,30). The maximum absolute atomic E-state index is 12.5. The predicted molar refractivity (Wildman–Crippen MR) is 118 cm³/mol. The molecule has 9 nitrogen and oxygen atoms in total. The highest BCUT2D eigenvalue weighted by atomic mass is 16.5. The second-order valence-electron chi connectivity index (χ2n) is 7.49. The number of nitrogens with zero attached hydrogens (tertiary/aromatic N) is 5. The molecule has 31 heavy (non-hydrogen) atoms. The molecule has 4 rings (SSSR count). The molecular formula is C22H23N7O2. The summed E-state index contributed by atoms with van der Waals surface area (Å²) >= 11 is 0. The molecule has 158 valence electrons.